The second-order valence-electron chi connectivity index (χ2n) is 20.3. The SMILES string of the molecule is CC/C=C\C/C=C\C/C=C\C/C=C\C/C=C\C/C=C\C/C=C\CCCCCCCCCCCCCC(=O)OC(COC(=O)CCCCCCC/C=C\C/C=C\CCCCCC)COP(=O)([O-])OCC[N+](C)(C)C. The van der Waals surface area contributed by atoms with E-state index in [-0.39, 0.29) is 26.1 Å². The summed E-state index contributed by atoms with van der Waals surface area (Å²) < 4.78 is 34.1. The van der Waals surface area contributed by atoms with Crippen LogP contribution >= 0.6 is 7.82 Å². The Labute approximate surface area is 448 Å². The number of allylic oxidation sites excluding steroid dienone is 18. The van der Waals surface area contributed by atoms with Crippen molar-refractivity contribution >= 4 is 19.8 Å². The van der Waals surface area contributed by atoms with Gasteiger partial charge in [-0.3, -0.25) is 14.2 Å². The quantitative estimate of drug-likeness (QED) is 0.0195. The summed E-state index contributed by atoms with van der Waals surface area (Å²) in [5.74, 6) is -0.857. The van der Waals surface area contributed by atoms with Crippen LogP contribution in [0.2, 0.25) is 0 Å². The van der Waals surface area contributed by atoms with Gasteiger partial charge >= 0.3 is 11.9 Å². The van der Waals surface area contributed by atoms with Crippen LogP contribution in [0.1, 0.15) is 226 Å². The lowest BCUT2D eigenvalue weighted by atomic mass is 10.0. The van der Waals surface area contributed by atoms with E-state index in [0.717, 1.165) is 109 Å². The number of phosphoric acid groups is 1. The van der Waals surface area contributed by atoms with E-state index in [2.05, 4.69) is 123 Å². The van der Waals surface area contributed by atoms with Gasteiger partial charge in [0.2, 0.25) is 0 Å². The summed E-state index contributed by atoms with van der Waals surface area (Å²) in [5.41, 5.74) is 0. The van der Waals surface area contributed by atoms with E-state index in [1.54, 1.807) is 0 Å². The van der Waals surface area contributed by atoms with Crippen molar-refractivity contribution < 1.29 is 42.1 Å². The minimum absolute atomic E-state index is 0.0386. The van der Waals surface area contributed by atoms with Gasteiger partial charge in [0, 0.05) is 12.8 Å². The first kappa shape index (κ1) is 69.7. The Hall–Kier alpha value is -3.33. The monoisotopic (exact) mass is 1040 g/mol. The van der Waals surface area contributed by atoms with Gasteiger partial charge in [0.1, 0.15) is 19.8 Å². The second-order valence-corrected chi connectivity index (χ2v) is 21.7. The number of phosphoric ester groups is 1. The van der Waals surface area contributed by atoms with E-state index in [1.165, 1.54) is 77.0 Å². The van der Waals surface area contributed by atoms with Gasteiger partial charge in [-0.05, 0) is 103 Å². The molecule has 0 aromatic rings. The van der Waals surface area contributed by atoms with Gasteiger partial charge in [-0.2, -0.15) is 0 Å². The molecule has 0 heterocycles. The molecule has 0 aromatic carbocycles. The highest BCUT2D eigenvalue weighted by atomic mass is 31.2. The van der Waals surface area contributed by atoms with Crippen LogP contribution in [0.5, 0.6) is 0 Å². The predicted octanol–water partition coefficient (Wildman–Crippen LogP) is 17.6. The van der Waals surface area contributed by atoms with E-state index < -0.39 is 32.5 Å². The predicted molar refractivity (Wildman–Crippen MR) is 309 cm³/mol. The Morgan fingerprint density at radius 2 is 0.781 bits per heavy atom. The zero-order chi connectivity index (χ0) is 53.5. The summed E-state index contributed by atoms with van der Waals surface area (Å²) in [4.78, 5) is 37.8. The maximum absolute atomic E-state index is 12.8. The molecule has 9 nitrogen and oxygen atoms in total. The third kappa shape index (κ3) is 57.8. The molecule has 418 valence electrons. The van der Waals surface area contributed by atoms with Crippen LogP contribution in [0.4, 0.5) is 0 Å². The number of esters is 2. The first-order chi connectivity index (χ1) is 35.5. The van der Waals surface area contributed by atoms with Crippen molar-refractivity contribution in [2.24, 2.45) is 0 Å². The Morgan fingerprint density at radius 1 is 0.438 bits per heavy atom. The maximum Gasteiger partial charge on any atom is 0.306 e. The topological polar surface area (TPSA) is 111 Å². The number of rotatable bonds is 52. The molecule has 0 amide bonds. The van der Waals surface area contributed by atoms with Crippen molar-refractivity contribution in [3.8, 4) is 0 Å². The van der Waals surface area contributed by atoms with E-state index >= 15 is 0 Å². The molecule has 0 aromatic heterocycles. The molecule has 2 unspecified atom stereocenters. The van der Waals surface area contributed by atoms with Gasteiger partial charge in [0.15, 0.2) is 6.10 Å². The fourth-order valence-corrected chi connectivity index (χ4v) is 8.28. The molecule has 0 aliphatic heterocycles. The average Bonchev–Trinajstić information content (AvgIpc) is 3.35. The molecule has 0 saturated carbocycles. The molecule has 0 spiro atoms. The van der Waals surface area contributed by atoms with E-state index in [1.807, 2.05) is 21.1 Å². The molecule has 0 aliphatic carbocycles. The summed E-state index contributed by atoms with van der Waals surface area (Å²) >= 11 is 0. The number of unbranched alkanes of at least 4 members (excludes halogenated alkanes) is 20. The number of carbonyl (C=O) groups is 2. The van der Waals surface area contributed by atoms with Crippen molar-refractivity contribution in [1.82, 2.24) is 0 Å². The third-order valence-corrected chi connectivity index (χ3v) is 13.0. The summed E-state index contributed by atoms with van der Waals surface area (Å²) in [6.45, 7) is 4.08. The molecular formula is C63H108NO8P. The largest absolute Gasteiger partial charge is 0.756 e. The van der Waals surface area contributed by atoms with Gasteiger partial charge in [-0.15, -0.1) is 0 Å². The summed E-state index contributed by atoms with van der Waals surface area (Å²) in [7, 11) is 1.14. The molecule has 0 saturated heterocycles. The lowest BCUT2D eigenvalue weighted by molar-refractivity contribution is -0.870. The van der Waals surface area contributed by atoms with E-state index in [4.69, 9.17) is 18.5 Å². The molecule has 0 rings (SSSR count). The van der Waals surface area contributed by atoms with E-state index in [9.17, 15) is 19.0 Å². The van der Waals surface area contributed by atoms with Gasteiger partial charge < -0.3 is 27.9 Å². The summed E-state index contributed by atoms with van der Waals surface area (Å²) in [6, 6.07) is 0. The number of ether oxygens (including phenoxy) is 2. The molecule has 10 heteroatoms. The lowest BCUT2D eigenvalue weighted by Crippen LogP contribution is -2.37. The Bertz CT molecular complexity index is 1600. The highest BCUT2D eigenvalue weighted by Crippen LogP contribution is 2.38. The van der Waals surface area contributed by atoms with Crippen molar-refractivity contribution in [2.45, 2.75) is 232 Å². The molecular weight excluding hydrogens is 930 g/mol. The van der Waals surface area contributed by atoms with Crippen LogP contribution < -0.4 is 4.89 Å². The van der Waals surface area contributed by atoms with Crippen molar-refractivity contribution in [2.75, 3.05) is 47.5 Å². The number of hydrogen-bond donors (Lipinski definition) is 0. The number of likely N-dealkylation sites (N-methyl/N-ethyl adjacent to an activating group) is 1. The van der Waals surface area contributed by atoms with Gasteiger partial charge in [0.05, 0.1) is 27.7 Å². The van der Waals surface area contributed by atoms with Gasteiger partial charge in [-0.1, -0.05) is 220 Å². The maximum atomic E-state index is 12.8. The number of carbonyl (C=O) groups excluding carboxylic acids is 2. The molecule has 0 bridgehead atoms. The fourth-order valence-electron chi connectivity index (χ4n) is 7.55. The zero-order valence-corrected chi connectivity index (χ0v) is 48.2. The van der Waals surface area contributed by atoms with Crippen LogP contribution in [-0.4, -0.2) is 70.0 Å². The number of hydrogen-bond acceptors (Lipinski definition) is 8. The average molecular weight is 1040 g/mol. The first-order valence-corrected chi connectivity index (χ1v) is 30.6. The fraction of sp³-hybridized carbons (Fsp3) is 0.683. The number of nitrogens with zero attached hydrogens (tertiary/aromatic N) is 1. The zero-order valence-electron chi connectivity index (χ0n) is 47.3. The van der Waals surface area contributed by atoms with Crippen molar-refractivity contribution in [1.29, 1.82) is 0 Å². The Balaban J connectivity index is 4.16. The van der Waals surface area contributed by atoms with Crippen LogP contribution in [0.25, 0.3) is 0 Å². The standard InChI is InChI=1S/C63H108NO8P/c1-6-8-10-12-14-16-18-20-22-24-25-26-27-28-29-30-31-32-33-34-35-36-37-38-39-40-42-44-46-48-50-52-54-56-63(66)72-61(60-71-73(67,68)70-58-57-64(3,4)5)59-69-62(65)55-53-51-49-47-45-43-41-23-21-19-17-15-13-11-9-7-2/h8,10,14,16-17,19-20,22-23,25-26,28-29,31-32,34-35,41,61H,6-7,9,11-13,15,18,21,24,27,30,33,36-40,42-60H2,1-5H3/b10-8-,16-14-,19-17-,22-20-,26-25-,29-28-,32-31-,35-34-,41-23-. The molecule has 0 fully saturated rings. The van der Waals surface area contributed by atoms with Gasteiger partial charge in [-0.25, -0.2) is 0 Å². The molecule has 0 radical (unpaired) electrons. The van der Waals surface area contributed by atoms with E-state index in [0.29, 0.717) is 23.9 Å². The van der Waals surface area contributed by atoms with Crippen LogP contribution in [0.3, 0.4) is 0 Å². The summed E-state index contributed by atoms with van der Waals surface area (Å²) in [5, 5.41) is 0. The summed E-state index contributed by atoms with van der Waals surface area (Å²) in [6.07, 6.45) is 74.2. The minimum Gasteiger partial charge on any atom is -0.756 e. The first-order valence-electron chi connectivity index (χ1n) is 29.1. The van der Waals surface area contributed by atoms with Gasteiger partial charge in [0.25, 0.3) is 7.82 Å². The van der Waals surface area contributed by atoms with Crippen LogP contribution in [0.15, 0.2) is 109 Å². The molecule has 2 atom stereocenters. The lowest BCUT2D eigenvalue weighted by Gasteiger charge is -2.28. The molecule has 0 N–H and O–H groups in total. The highest BCUT2D eigenvalue weighted by molar-refractivity contribution is 7.45. The molecule has 0 aliphatic rings. The van der Waals surface area contributed by atoms with Crippen LogP contribution in [-0.2, 0) is 32.7 Å². The minimum atomic E-state index is -4.64. The normalized spacial score (nSPS) is 14.1. The van der Waals surface area contributed by atoms with Crippen LogP contribution in [0, 0.1) is 0 Å². The Kier molecular flexibility index (Phi) is 51.1. The number of quaternary nitrogens is 1. The second kappa shape index (κ2) is 53.5. The highest BCUT2D eigenvalue weighted by Gasteiger charge is 2.21. The van der Waals surface area contributed by atoms with Crippen molar-refractivity contribution in [3.05, 3.63) is 109 Å². The smallest absolute Gasteiger partial charge is 0.306 e. The Morgan fingerprint density at radius 3 is 1.16 bits per heavy atom. The molecule has 73 heavy (non-hydrogen) atoms. The van der Waals surface area contributed by atoms with Crippen molar-refractivity contribution in [3.63, 3.8) is 0 Å². The third-order valence-electron chi connectivity index (χ3n) is 12.0.